The summed E-state index contributed by atoms with van der Waals surface area (Å²) in [5.74, 6) is 0.810. The van der Waals surface area contributed by atoms with Crippen LogP contribution in [0.15, 0.2) is 23.1 Å². The molecule has 10 heteroatoms. The molecule has 0 aliphatic heterocycles. The zero-order valence-corrected chi connectivity index (χ0v) is 16.0. The zero-order valence-electron chi connectivity index (χ0n) is 16.0. The topological polar surface area (TPSA) is 124 Å². The molecule has 2 aromatic heterocycles. The summed E-state index contributed by atoms with van der Waals surface area (Å²) >= 11 is 0. The summed E-state index contributed by atoms with van der Waals surface area (Å²) < 4.78 is 11.9. The van der Waals surface area contributed by atoms with Crippen LogP contribution in [0.1, 0.15) is 42.1 Å². The van der Waals surface area contributed by atoms with Crippen LogP contribution in [0.2, 0.25) is 0 Å². The van der Waals surface area contributed by atoms with Crippen molar-refractivity contribution in [1.82, 2.24) is 30.6 Å². The molecular formula is C18H26N6O4. The summed E-state index contributed by atoms with van der Waals surface area (Å²) in [6, 6.07) is 1.59. The molecule has 1 saturated carbocycles. The molecule has 0 unspecified atom stereocenters. The van der Waals surface area contributed by atoms with Crippen molar-refractivity contribution in [1.29, 1.82) is 0 Å². The Morgan fingerprint density at radius 2 is 2.14 bits per heavy atom. The number of methoxy groups -OCH3 is 1. The summed E-state index contributed by atoms with van der Waals surface area (Å²) in [5, 5.41) is 17.5. The van der Waals surface area contributed by atoms with Crippen LogP contribution in [-0.2, 0) is 22.5 Å². The van der Waals surface area contributed by atoms with E-state index in [2.05, 4.69) is 26.0 Å². The number of carbonyl (C=O) groups is 2. The monoisotopic (exact) mass is 390 g/mol. The normalized spacial score (nSPS) is 19.3. The maximum Gasteiger partial charge on any atom is 0.290 e. The second-order valence-electron chi connectivity index (χ2n) is 6.87. The Hall–Kier alpha value is -2.75. The van der Waals surface area contributed by atoms with Crippen LogP contribution in [0.4, 0.5) is 0 Å². The highest BCUT2D eigenvalue weighted by Crippen LogP contribution is 2.24. The number of aromatic nitrogens is 4. The molecule has 28 heavy (non-hydrogen) atoms. The molecule has 1 aliphatic carbocycles. The van der Waals surface area contributed by atoms with Crippen LogP contribution in [0.25, 0.3) is 0 Å². The molecular weight excluding hydrogens is 364 g/mol. The van der Waals surface area contributed by atoms with E-state index in [1.807, 2.05) is 4.57 Å². The van der Waals surface area contributed by atoms with Crippen molar-refractivity contribution in [3.8, 4) is 0 Å². The first kappa shape index (κ1) is 20.0. The summed E-state index contributed by atoms with van der Waals surface area (Å²) in [5.41, 5.74) is 0. The first-order valence-corrected chi connectivity index (χ1v) is 9.52. The van der Waals surface area contributed by atoms with Crippen molar-refractivity contribution < 1.29 is 18.8 Å². The van der Waals surface area contributed by atoms with Gasteiger partial charge in [-0.2, -0.15) is 0 Å². The van der Waals surface area contributed by atoms with E-state index < -0.39 is 0 Å². The van der Waals surface area contributed by atoms with E-state index in [4.69, 9.17) is 9.26 Å². The lowest BCUT2D eigenvalue weighted by atomic mass is 9.85. The summed E-state index contributed by atoms with van der Waals surface area (Å²) in [7, 11) is 1.65. The highest BCUT2D eigenvalue weighted by atomic mass is 16.5. The number of nitrogens with one attached hydrogen (secondary N) is 2. The number of rotatable bonds is 9. The lowest BCUT2D eigenvalue weighted by Crippen LogP contribution is -2.41. The summed E-state index contributed by atoms with van der Waals surface area (Å²) in [4.78, 5) is 24.4. The van der Waals surface area contributed by atoms with Crippen LogP contribution in [-0.4, -0.2) is 58.0 Å². The largest absolute Gasteiger partial charge is 0.383 e. The van der Waals surface area contributed by atoms with Crippen molar-refractivity contribution in [2.45, 2.75) is 44.7 Å². The van der Waals surface area contributed by atoms with Crippen LogP contribution in [0.5, 0.6) is 0 Å². The number of nitrogens with zero attached hydrogens (tertiary/aromatic N) is 4. The predicted molar refractivity (Wildman–Crippen MR) is 98.3 cm³/mol. The molecule has 0 atom stereocenters. The van der Waals surface area contributed by atoms with Gasteiger partial charge in [0.15, 0.2) is 0 Å². The second-order valence-corrected chi connectivity index (χ2v) is 6.87. The molecule has 1 fully saturated rings. The standard InChI is InChI=1S/C18H26N6O4/c1-27-11-10-24-12-20-23-16(24)7-8-19-17(25)13-2-4-14(5-3-13)22-18(26)15-6-9-21-28-15/h6,9,12-14H,2-5,7-8,10-11H2,1H3,(H,19,25)(H,22,26). The maximum atomic E-state index is 12.4. The van der Waals surface area contributed by atoms with E-state index in [-0.39, 0.29) is 29.5 Å². The fourth-order valence-corrected chi connectivity index (χ4v) is 3.38. The smallest absolute Gasteiger partial charge is 0.290 e. The Balaban J connectivity index is 1.36. The summed E-state index contributed by atoms with van der Waals surface area (Å²) in [6.07, 6.45) is 6.76. The van der Waals surface area contributed by atoms with E-state index in [9.17, 15) is 9.59 Å². The van der Waals surface area contributed by atoms with Gasteiger partial charge in [0.2, 0.25) is 11.7 Å². The fraction of sp³-hybridized carbons (Fsp3) is 0.611. The first-order chi connectivity index (χ1) is 13.7. The molecule has 0 bridgehead atoms. The van der Waals surface area contributed by atoms with E-state index in [0.29, 0.717) is 26.1 Å². The van der Waals surface area contributed by atoms with Crippen LogP contribution in [0.3, 0.4) is 0 Å². The molecule has 10 nitrogen and oxygen atoms in total. The zero-order chi connectivity index (χ0) is 19.8. The fourth-order valence-electron chi connectivity index (χ4n) is 3.38. The Labute approximate surface area is 163 Å². The van der Waals surface area contributed by atoms with Crippen molar-refractivity contribution in [2.75, 3.05) is 20.3 Å². The second kappa shape index (κ2) is 9.98. The minimum Gasteiger partial charge on any atom is -0.383 e. The molecule has 0 radical (unpaired) electrons. The van der Waals surface area contributed by atoms with Crippen LogP contribution < -0.4 is 10.6 Å². The molecule has 0 saturated heterocycles. The SMILES string of the molecule is COCCn1cnnc1CCNC(=O)C1CCC(NC(=O)c2ccno2)CC1. The van der Waals surface area contributed by atoms with Gasteiger partial charge >= 0.3 is 0 Å². The number of hydrogen-bond acceptors (Lipinski definition) is 7. The lowest BCUT2D eigenvalue weighted by molar-refractivity contribution is -0.126. The van der Waals surface area contributed by atoms with Gasteiger partial charge in [-0.1, -0.05) is 5.16 Å². The average Bonchev–Trinajstić information content (AvgIpc) is 3.39. The third-order valence-corrected chi connectivity index (χ3v) is 4.97. The number of amides is 2. The van der Waals surface area contributed by atoms with Gasteiger partial charge in [0.25, 0.3) is 5.91 Å². The first-order valence-electron chi connectivity index (χ1n) is 9.52. The third kappa shape index (κ3) is 5.38. The van der Waals surface area contributed by atoms with Gasteiger partial charge in [-0.15, -0.1) is 10.2 Å². The Morgan fingerprint density at radius 1 is 1.32 bits per heavy atom. The molecule has 2 amide bonds. The number of hydrogen-bond donors (Lipinski definition) is 2. The van der Waals surface area contributed by atoms with Gasteiger partial charge < -0.3 is 24.5 Å². The Morgan fingerprint density at radius 3 is 2.86 bits per heavy atom. The third-order valence-electron chi connectivity index (χ3n) is 4.97. The van der Waals surface area contributed by atoms with Gasteiger partial charge in [0, 0.05) is 44.6 Å². The molecule has 1 aliphatic rings. The van der Waals surface area contributed by atoms with Crippen LogP contribution >= 0.6 is 0 Å². The molecule has 3 rings (SSSR count). The van der Waals surface area contributed by atoms with E-state index in [1.54, 1.807) is 13.4 Å². The van der Waals surface area contributed by atoms with E-state index >= 15 is 0 Å². The molecule has 0 aromatic carbocycles. The molecule has 152 valence electrons. The Bertz CT molecular complexity index is 752. The molecule has 2 N–H and O–H groups in total. The predicted octanol–water partition coefficient (Wildman–Crippen LogP) is 0.560. The quantitative estimate of drug-likeness (QED) is 0.641. The van der Waals surface area contributed by atoms with E-state index in [0.717, 1.165) is 31.5 Å². The van der Waals surface area contributed by atoms with Gasteiger partial charge in [-0.3, -0.25) is 9.59 Å². The molecule has 0 spiro atoms. The van der Waals surface area contributed by atoms with Crippen molar-refractivity contribution >= 4 is 11.8 Å². The van der Waals surface area contributed by atoms with Gasteiger partial charge in [0.05, 0.1) is 12.8 Å². The van der Waals surface area contributed by atoms with E-state index in [1.165, 1.54) is 12.3 Å². The van der Waals surface area contributed by atoms with Gasteiger partial charge in [0.1, 0.15) is 12.2 Å². The van der Waals surface area contributed by atoms with Crippen molar-refractivity contribution in [3.05, 3.63) is 30.2 Å². The minimum atomic E-state index is -0.261. The van der Waals surface area contributed by atoms with Crippen LogP contribution in [0, 0.1) is 5.92 Å². The minimum absolute atomic E-state index is 0.0233. The Kier molecular flexibility index (Phi) is 7.12. The van der Waals surface area contributed by atoms with Crippen molar-refractivity contribution in [2.24, 2.45) is 5.92 Å². The van der Waals surface area contributed by atoms with Gasteiger partial charge in [-0.05, 0) is 25.7 Å². The van der Waals surface area contributed by atoms with Gasteiger partial charge in [-0.25, -0.2) is 0 Å². The number of ether oxygens (including phenoxy) is 1. The highest BCUT2D eigenvalue weighted by Gasteiger charge is 2.27. The number of carbonyl (C=O) groups excluding carboxylic acids is 2. The molecule has 2 aromatic rings. The summed E-state index contributed by atoms with van der Waals surface area (Å²) in [6.45, 7) is 1.80. The van der Waals surface area contributed by atoms with Crippen molar-refractivity contribution in [3.63, 3.8) is 0 Å². The lowest BCUT2D eigenvalue weighted by Gasteiger charge is -2.28. The highest BCUT2D eigenvalue weighted by molar-refractivity contribution is 5.91. The molecule has 2 heterocycles. The maximum absolute atomic E-state index is 12.4. The average molecular weight is 390 g/mol.